The van der Waals surface area contributed by atoms with E-state index in [9.17, 15) is 9.70 Å². The standard InChI is InChI=1S/C15H12Cl2N2O2/c16-9-14(20)18-13-7-6-11(17)8-12(13)15(19-21)10-4-2-1-3-5-10/h1-8,15H,9H2,(H,18,20). The fraction of sp³-hybridized carbons (Fsp3) is 0.133. The summed E-state index contributed by atoms with van der Waals surface area (Å²) in [5.74, 6) is -0.537. The minimum absolute atomic E-state index is 0.174. The third-order valence-corrected chi connectivity index (χ3v) is 3.40. The normalized spacial score (nSPS) is 11.7. The highest BCUT2D eigenvalue weighted by atomic mass is 35.5. The van der Waals surface area contributed by atoms with Crippen LogP contribution in [-0.4, -0.2) is 11.8 Å². The predicted octanol–water partition coefficient (Wildman–Crippen LogP) is 4.37. The van der Waals surface area contributed by atoms with Crippen molar-refractivity contribution < 1.29 is 4.79 Å². The zero-order chi connectivity index (χ0) is 15.2. The number of rotatable bonds is 5. The number of alkyl halides is 1. The molecule has 2 rings (SSSR count). The number of carbonyl (C=O) groups is 1. The molecule has 0 bridgehead atoms. The molecule has 0 aliphatic carbocycles. The highest BCUT2D eigenvalue weighted by molar-refractivity contribution is 6.31. The second-order valence-corrected chi connectivity index (χ2v) is 5.04. The fourth-order valence-corrected chi connectivity index (χ4v) is 2.24. The van der Waals surface area contributed by atoms with Gasteiger partial charge in [-0.2, -0.15) is 0 Å². The molecule has 0 heterocycles. The van der Waals surface area contributed by atoms with E-state index in [-0.39, 0.29) is 11.8 Å². The molecule has 108 valence electrons. The summed E-state index contributed by atoms with van der Waals surface area (Å²) in [6.07, 6.45) is 0. The average Bonchev–Trinajstić information content (AvgIpc) is 2.51. The van der Waals surface area contributed by atoms with Crippen molar-refractivity contribution in [3.63, 3.8) is 0 Å². The van der Waals surface area contributed by atoms with E-state index in [2.05, 4.69) is 10.5 Å². The van der Waals surface area contributed by atoms with Gasteiger partial charge in [0.2, 0.25) is 5.91 Å². The van der Waals surface area contributed by atoms with Crippen LogP contribution in [0, 0.1) is 4.91 Å². The lowest BCUT2D eigenvalue weighted by molar-refractivity contribution is -0.113. The molecule has 1 atom stereocenters. The van der Waals surface area contributed by atoms with Gasteiger partial charge in [0.05, 0.1) is 0 Å². The Hall–Kier alpha value is -1.91. The van der Waals surface area contributed by atoms with E-state index in [0.717, 1.165) is 5.56 Å². The molecule has 0 aromatic heterocycles. The van der Waals surface area contributed by atoms with Gasteiger partial charge in [-0.25, -0.2) is 0 Å². The second-order valence-electron chi connectivity index (χ2n) is 4.33. The van der Waals surface area contributed by atoms with E-state index in [1.54, 1.807) is 30.3 Å². The zero-order valence-corrected chi connectivity index (χ0v) is 12.4. The van der Waals surface area contributed by atoms with E-state index in [0.29, 0.717) is 16.3 Å². The molecule has 0 aliphatic heterocycles. The Balaban J connectivity index is 2.47. The Labute approximate surface area is 132 Å². The number of hydrogen-bond donors (Lipinski definition) is 1. The van der Waals surface area contributed by atoms with Gasteiger partial charge in [-0.3, -0.25) is 4.79 Å². The van der Waals surface area contributed by atoms with Gasteiger partial charge < -0.3 is 5.32 Å². The van der Waals surface area contributed by atoms with Crippen LogP contribution in [0.15, 0.2) is 53.7 Å². The van der Waals surface area contributed by atoms with Gasteiger partial charge in [0.25, 0.3) is 0 Å². The summed E-state index contributed by atoms with van der Waals surface area (Å²) in [4.78, 5) is 22.8. The van der Waals surface area contributed by atoms with E-state index in [1.807, 2.05) is 18.2 Å². The number of anilines is 1. The van der Waals surface area contributed by atoms with Gasteiger partial charge in [0.15, 0.2) is 0 Å². The van der Waals surface area contributed by atoms with Crippen molar-refractivity contribution in [1.82, 2.24) is 0 Å². The fourth-order valence-electron chi connectivity index (χ4n) is 1.99. The van der Waals surface area contributed by atoms with Crippen molar-refractivity contribution >= 4 is 34.8 Å². The van der Waals surface area contributed by atoms with Gasteiger partial charge in [0.1, 0.15) is 11.9 Å². The van der Waals surface area contributed by atoms with Crippen LogP contribution in [0.3, 0.4) is 0 Å². The summed E-state index contributed by atoms with van der Waals surface area (Å²) in [6.45, 7) is 0. The van der Waals surface area contributed by atoms with Crippen LogP contribution in [-0.2, 0) is 4.79 Å². The smallest absolute Gasteiger partial charge is 0.239 e. The number of carbonyl (C=O) groups excluding carboxylic acids is 1. The Morgan fingerprint density at radius 1 is 1.19 bits per heavy atom. The number of nitrogens with one attached hydrogen (secondary N) is 1. The first-order valence-electron chi connectivity index (χ1n) is 6.18. The lowest BCUT2D eigenvalue weighted by Crippen LogP contribution is -2.15. The van der Waals surface area contributed by atoms with Crippen LogP contribution < -0.4 is 5.32 Å². The van der Waals surface area contributed by atoms with Crippen molar-refractivity contribution in [1.29, 1.82) is 0 Å². The van der Waals surface area contributed by atoms with E-state index in [1.165, 1.54) is 0 Å². The second kappa shape index (κ2) is 7.20. The SMILES string of the molecule is O=NC(c1ccccc1)c1cc(Cl)ccc1NC(=O)CCl. The number of nitrogens with zero attached hydrogens (tertiary/aromatic N) is 1. The van der Waals surface area contributed by atoms with Crippen LogP contribution in [0.1, 0.15) is 17.2 Å². The van der Waals surface area contributed by atoms with Crippen LogP contribution in [0.4, 0.5) is 5.69 Å². The third-order valence-electron chi connectivity index (χ3n) is 2.92. The summed E-state index contributed by atoms with van der Waals surface area (Å²) in [5.41, 5.74) is 1.72. The lowest BCUT2D eigenvalue weighted by atomic mass is 9.98. The number of benzene rings is 2. The Kier molecular flexibility index (Phi) is 5.31. The molecule has 0 saturated carbocycles. The molecule has 2 aromatic rings. The molecule has 0 saturated heterocycles. The molecule has 0 spiro atoms. The van der Waals surface area contributed by atoms with Gasteiger partial charge in [-0.15, -0.1) is 16.5 Å². The molecule has 6 heteroatoms. The Morgan fingerprint density at radius 2 is 1.90 bits per heavy atom. The Morgan fingerprint density at radius 3 is 2.52 bits per heavy atom. The Bertz CT molecular complexity index is 647. The average molecular weight is 323 g/mol. The van der Waals surface area contributed by atoms with Crippen molar-refractivity contribution in [2.75, 3.05) is 11.2 Å². The van der Waals surface area contributed by atoms with Gasteiger partial charge in [0, 0.05) is 16.3 Å². The van der Waals surface area contributed by atoms with E-state index >= 15 is 0 Å². The number of amides is 1. The van der Waals surface area contributed by atoms with Crippen LogP contribution in [0.2, 0.25) is 5.02 Å². The number of hydrogen-bond acceptors (Lipinski definition) is 3. The molecule has 21 heavy (non-hydrogen) atoms. The van der Waals surface area contributed by atoms with Crippen LogP contribution >= 0.6 is 23.2 Å². The highest BCUT2D eigenvalue weighted by Gasteiger charge is 2.19. The van der Waals surface area contributed by atoms with Gasteiger partial charge >= 0.3 is 0 Å². The van der Waals surface area contributed by atoms with E-state index < -0.39 is 6.04 Å². The highest BCUT2D eigenvalue weighted by Crippen LogP contribution is 2.33. The first-order valence-corrected chi connectivity index (χ1v) is 7.09. The molecule has 1 unspecified atom stereocenters. The minimum Gasteiger partial charge on any atom is -0.325 e. The zero-order valence-electron chi connectivity index (χ0n) is 10.9. The summed E-state index contributed by atoms with van der Waals surface area (Å²) in [6, 6.07) is 13.2. The molecule has 2 aromatic carbocycles. The molecule has 0 fully saturated rings. The topological polar surface area (TPSA) is 58.5 Å². The molecule has 1 amide bonds. The monoisotopic (exact) mass is 322 g/mol. The molecule has 0 aliphatic rings. The molecule has 4 nitrogen and oxygen atoms in total. The van der Waals surface area contributed by atoms with Crippen LogP contribution in [0.25, 0.3) is 0 Å². The maximum absolute atomic E-state index is 11.5. The minimum atomic E-state index is -0.754. The number of halogens is 2. The van der Waals surface area contributed by atoms with Crippen molar-refractivity contribution in [3.05, 3.63) is 69.6 Å². The maximum atomic E-state index is 11.5. The van der Waals surface area contributed by atoms with Crippen molar-refractivity contribution in [2.45, 2.75) is 6.04 Å². The van der Waals surface area contributed by atoms with Crippen molar-refractivity contribution in [2.24, 2.45) is 5.18 Å². The lowest BCUT2D eigenvalue weighted by Gasteiger charge is -2.15. The summed E-state index contributed by atoms with van der Waals surface area (Å²) >= 11 is 11.5. The van der Waals surface area contributed by atoms with Gasteiger partial charge in [-0.1, -0.05) is 47.1 Å². The van der Waals surface area contributed by atoms with Crippen molar-refractivity contribution in [3.8, 4) is 0 Å². The third kappa shape index (κ3) is 3.80. The summed E-state index contributed by atoms with van der Waals surface area (Å²) < 4.78 is 0. The molecule has 1 N–H and O–H groups in total. The predicted molar refractivity (Wildman–Crippen MR) is 84.9 cm³/mol. The number of nitroso groups, excluding NO2 is 1. The summed E-state index contributed by atoms with van der Waals surface area (Å²) in [5, 5.41) is 6.27. The summed E-state index contributed by atoms with van der Waals surface area (Å²) in [7, 11) is 0. The largest absolute Gasteiger partial charge is 0.325 e. The maximum Gasteiger partial charge on any atom is 0.239 e. The quantitative estimate of drug-likeness (QED) is 0.656. The first-order chi connectivity index (χ1) is 10.2. The first kappa shape index (κ1) is 15.5. The molecular formula is C15H12Cl2N2O2. The van der Waals surface area contributed by atoms with Crippen LogP contribution in [0.5, 0.6) is 0 Å². The molecule has 0 radical (unpaired) electrons. The molecular weight excluding hydrogens is 311 g/mol. The van der Waals surface area contributed by atoms with E-state index in [4.69, 9.17) is 23.2 Å². The van der Waals surface area contributed by atoms with Gasteiger partial charge in [-0.05, 0) is 23.8 Å².